The standard InChI is InChI=1S/C21H27N3O5/c1-15-7-2-3-8-16(15)13-22-17(25)14-29-18(26)9-6-12-24-19(27)21(23-20(24)28)10-4-5-11-21/h2-3,7-8H,4-6,9-14H2,1H3,(H,22,25)(H,23,28). The van der Waals surface area contributed by atoms with E-state index >= 15 is 0 Å². The Bertz CT molecular complexity index is 801. The van der Waals surface area contributed by atoms with Crippen molar-refractivity contribution in [2.75, 3.05) is 13.2 Å². The maximum absolute atomic E-state index is 12.5. The Kier molecular flexibility index (Phi) is 6.51. The van der Waals surface area contributed by atoms with Gasteiger partial charge >= 0.3 is 12.0 Å². The number of urea groups is 1. The van der Waals surface area contributed by atoms with Gasteiger partial charge in [-0.15, -0.1) is 0 Å². The predicted octanol–water partition coefficient (Wildman–Crippen LogP) is 1.80. The molecule has 2 fully saturated rings. The largest absolute Gasteiger partial charge is 0.456 e. The van der Waals surface area contributed by atoms with Crippen molar-refractivity contribution in [1.29, 1.82) is 0 Å². The fourth-order valence-corrected chi connectivity index (χ4v) is 3.85. The Labute approximate surface area is 170 Å². The number of amides is 4. The molecule has 1 saturated heterocycles. The quantitative estimate of drug-likeness (QED) is 0.511. The van der Waals surface area contributed by atoms with Crippen LogP contribution in [-0.4, -0.2) is 47.4 Å². The van der Waals surface area contributed by atoms with Crippen molar-refractivity contribution in [3.05, 3.63) is 35.4 Å². The minimum absolute atomic E-state index is 0.0368. The summed E-state index contributed by atoms with van der Waals surface area (Å²) in [4.78, 5) is 49.5. The molecule has 3 rings (SSSR count). The number of carbonyl (C=O) groups is 4. The van der Waals surface area contributed by atoms with E-state index in [2.05, 4.69) is 10.6 Å². The van der Waals surface area contributed by atoms with E-state index in [1.54, 1.807) is 0 Å². The van der Waals surface area contributed by atoms with Crippen LogP contribution in [0.25, 0.3) is 0 Å². The number of esters is 1. The smallest absolute Gasteiger partial charge is 0.325 e. The van der Waals surface area contributed by atoms with Crippen LogP contribution < -0.4 is 10.6 Å². The molecule has 0 atom stereocenters. The molecule has 2 N–H and O–H groups in total. The number of imide groups is 1. The van der Waals surface area contributed by atoms with Gasteiger partial charge < -0.3 is 15.4 Å². The highest BCUT2D eigenvalue weighted by molar-refractivity contribution is 6.07. The van der Waals surface area contributed by atoms with Crippen LogP contribution in [0.15, 0.2) is 24.3 Å². The lowest BCUT2D eigenvalue weighted by Crippen LogP contribution is -2.44. The van der Waals surface area contributed by atoms with Gasteiger partial charge in [0.05, 0.1) is 0 Å². The van der Waals surface area contributed by atoms with E-state index < -0.39 is 11.5 Å². The Balaban J connectivity index is 1.34. The summed E-state index contributed by atoms with van der Waals surface area (Å²) in [5, 5.41) is 5.52. The molecule has 1 aromatic carbocycles. The third-order valence-corrected chi connectivity index (χ3v) is 5.57. The van der Waals surface area contributed by atoms with Crippen LogP contribution in [0.1, 0.15) is 49.7 Å². The summed E-state index contributed by atoms with van der Waals surface area (Å²) in [6.07, 6.45) is 3.55. The van der Waals surface area contributed by atoms with E-state index in [0.717, 1.165) is 24.0 Å². The van der Waals surface area contributed by atoms with E-state index in [1.807, 2.05) is 31.2 Å². The highest BCUT2D eigenvalue weighted by Crippen LogP contribution is 2.35. The Morgan fingerprint density at radius 3 is 2.66 bits per heavy atom. The molecule has 0 unspecified atom stereocenters. The van der Waals surface area contributed by atoms with E-state index in [9.17, 15) is 19.2 Å². The number of nitrogens with zero attached hydrogens (tertiary/aromatic N) is 1. The summed E-state index contributed by atoms with van der Waals surface area (Å²) in [7, 11) is 0. The number of hydrogen-bond acceptors (Lipinski definition) is 5. The summed E-state index contributed by atoms with van der Waals surface area (Å²) < 4.78 is 4.98. The van der Waals surface area contributed by atoms with Gasteiger partial charge in [0.15, 0.2) is 6.61 Å². The Morgan fingerprint density at radius 2 is 1.93 bits per heavy atom. The minimum atomic E-state index is -0.729. The van der Waals surface area contributed by atoms with Gasteiger partial charge in [-0.05, 0) is 37.3 Å². The van der Waals surface area contributed by atoms with Crippen molar-refractivity contribution in [1.82, 2.24) is 15.5 Å². The van der Waals surface area contributed by atoms with Crippen LogP contribution in [-0.2, 0) is 25.7 Å². The van der Waals surface area contributed by atoms with E-state index in [-0.39, 0.29) is 37.4 Å². The maximum atomic E-state index is 12.5. The molecule has 1 aliphatic heterocycles. The molecule has 8 nitrogen and oxygen atoms in total. The van der Waals surface area contributed by atoms with Gasteiger partial charge in [0, 0.05) is 19.5 Å². The zero-order valence-electron chi connectivity index (χ0n) is 16.7. The average Bonchev–Trinajstić information content (AvgIpc) is 3.26. The number of aryl methyl sites for hydroxylation is 1. The average molecular weight is 401 g/mol. The van der Waals surface area contributed by atoms with Gasteiger partial charge in [0.25, 0.3) is 11.8 Å². The number of benzene rings is 1. The number of nitrogens with one attached hydrogen (secondary N) is 2. The molecule has 0 aromatic heterocycles. The van der Waals surface area contributed by atoms with Crippen molar-refractivity contribution in [3.8, 4) is 0 Å². The molecule has 0 radical (unpaired) electrons. The van der Waals surface area contributed by atoms with Gasteiger partial charge in [-0.25, -0.2) is 4.79 Å². The normalized spacial score (nSPS) is 17.5. The van der Waals surface area contributed by atoms with Crippen LogP contribution in [0.4, 0.5) is 4.79 Å². The molecule has 1 aromatic rings. The van der Waals surface area contributed by atoms with Crippen LogP contribution in [0.3, 0.4) is 0 Å². The zero-order valence-corrected chi connectivity index (χ0v) is 16.7. The first-order valence-corrected chi connectivity index (χ1v) is 10.0. The SMILES string of the molecule is Cc1ccccc1CNC(=O)COC(=O)CCCN1C(=O)NC2(CCCC2)C1=O. The van der Waals surface area contributed by atoms with Crippen molar-refractivity contribution in [2.24, 2.45) is 0 Å². The van der Waals surface area contributed by atoms with E-state index in [4.69, 9.17) is 4.74 Å². The number of rotatable bonds is 8. The summed E-state index contributed by atoms with van der Waals surface area (Å²) in [6.45, 7) is 2.15. The van der Waals surface area contributed by atoms with Gasteiger partial charge in [0.2, 0.25) is 0 Å². The highest BCUT2D eigenvalue weighted by Gasteiger charge is 2.52. The van der Waals surface area contributed by atoms with Crippen molar-refractivity contribution in [3.63, 3.8) is 0 Å². The number of hydrogen-bond donors (Lipinski definition) is 2. The molecule has 8 heteroatoms. The first kappa shape index (κ1) is 20.8. The minimum Gasteiger partial charge on any atom is -0.456 e. The summed E-state index contributed by atoms with van der Waals surface area (Å²) in [5.41, 5.74) is 1.35. The van der Waals surface area contributed by atoms with Crippen molar-refractivity contribution < 1.29 is 23.9 Å². The van der Waals surface area contributed by atoms with Crippen molar-refractivity contribution in [2.45, 2.75) is 57.5 Å². The third-order valence-electron chi connectivity index (χ3n) is 5.57. The fourth-order valence-electron chi connectivity index (χ4n) is 3.85. The molecular formula is C21H27N3O5. The first-order valence-electron chi connectivity index (χ1n) is 10.0. The summed E-state index contributed by atoms with van der Waals surface area (Å²) in [6, 6.07) is 7.32. The molecule has 2 aliphatic rings. The van der Waals surface area contributed by atoms with Gasteiger partial charge in [-0.1, -0.05) is 37.1 Å². The number of carbonyl (C=O) groups excluding carboxylic acids is 4. The Hall–Kier alpha value is -2.90. The van der Waals surface area contributed by atoms with Crippen LogP contribution in [0.2, 0.25) is 0 Å². The van der Waals surface area contributed by atoms with E-state index in [1.165, 1.54) is 4.90 Å². The van der Waals surface area contributed by atoms with E-state index in [0.29, 0.717) is 25.8 Å². The second kappa shape index (κ2) is 9.07. The number of ether oxygens (including phenoxy) is 1. The molecule has 29 heavy (non-hydrogen) atoms. The van der Waals surface area contributed by atoms with Crippen LogP contribution in [0, 0.1) is 6.92 Å². The molecule has 156 valence electrons. The molecular weight excluding hydrogens is 374 g/mol. The maximum Gasteiger partial charge on any atom is 0.325 e. The van der Waals surface area contributed by atoms with Crippen molar-refractivity contribution >= 4 is 23.8 Å². The lowest BCUT2D eigenvalue weighted by Gasteiger charge is -2.19. The fraction of sp³-hybridized carbons (Fsp3) is 0.524. The lowest BCUT2D eigenvalue weighted by atomic mass is 9.98. The third kappa shape index (κ3) is 4.93. The predicted molar refractivity (Wildman–Crippen MR) is 105 cm³/mol. The summed E-state index contributed by atoms with van der Waals surface area (Å²) >= 11 is 0. The Morgan fingerprint density at radius 1 is 1.21 bits per heavy atom. The van der Waals surface area contributed by atoms with Gasteiger partial charge in [-0.2, -0.15) is 0 Å². The van der Waals surface area contributed by atoms with Gasteiger partial charge in [-0.3, -0.25) is 19.3 Å². The highest BCUT2D eigenvalue weighted by atomic mass is 16.5. The molecule has 4 amide bonds. The molecule has 0 bridgehead atoms. The van der Waals surface area contributed by atoms with Crippen LogP contribution in [0.5, 0.6) is 0 Å². The summed E-state index contributed by atoms with van der Waals surface area (Å²) in [5.74, 6) is -1.10. The lowest BCUT2D eigenvalue weighted by molar-refractivity contribution is -0.148. The molecule has 1 aliphatic carbocycles. The molecule has 1 heterocycles. The second-order valence-electron chi connectivity index (χ2n) is 7.64. The molecule has 1 saturated carbocycles. The zero-order chi connectivity index (χ0) is 20.9. The topological polar surface area (TPSA) is 105 Å². The first-order chi connectivity index (χ1) is 13.9. The van der Waals surface area contributed by atoms with Gasteiger partial charge in [0.1, 0.15) is 5.54 Å². The monoisotopic (exact) mass is 401 g/mol. The van der Waals surface area contributed by atoms with Crippen LogP contribution >= 0.6 is 0 Å². The molecule has 1 spiro atoms. The second-order valence-corrected chi connectivity index (χ2v) is 7.64.